The molecule has 42 heavy (non-hydrogen) atoms. The topological polar surface area (TPSA) is 83.7 Å². The average molecular weight is 556 g/mol. The van der Waals surface area contributed by atoms with Gasteiger partial charge < -0.3 is 14.8 Å². The maximum atomic E-state index is 14.1. The van der Waals surface area contributed by atoms with E-state index >= 15 is 0 Å². The van der Waals surface area contributed by atoms with Gasteiger partial charge in [-0.2, -0.15) is 0 Å². The van der Waals surface area contributed by atoms with E-state index in [9.17, 15) is 19.1 Å². The lowest BCUT2D eigenvalue weighted by Crippen LogP contribution is -2.24. The van der Waals surface area contributed by atoms with Crippen molar-refractivity contribution in [2.45, 2.75) is 24.8 Å². The van der Waals surface area contributed by atoms with Gasteiger partial charge in [-0.3, -0.25) is 4.79 Å². The fourth-order valence-corrected chi connectivity index (χ4v) is 5.80. The van der Waals surface area contributed by atoms with Gasteiger partial charge in [0, 0.05) is 18.2 Å². The van der Waals surface area contributed by atoms with Gasteiger partial charge in [-0.25, -0.2) is 14.2 Å². The summed E-state index contributed by atoms with van der Waals surface area (Å²) >= 11 is 0. The number of aromatic carboxylic acids is 1. The van der Waals surface area contributed by atoms with Crippen LogP contribution in [-0.2, 0) is 12.0 Å². The zero-order chi connectivity index (χ0) is 28.8. The van der Waals surface area contributed by atoms with Crippen molar-refractivity contribution >= 4 is 28.2 Å². The molecule has 0 radical (unpaired) electrons. The van der Waals surface area contributed by atoms with Gasteiger partial charge in [0.25, 0.3) is 5.91 Å². The van der Waals surface area contributed by atoms with Gasteiger partial charge in [0.15, 0.2) is 0 Å². The molecular formula is C35H26FN3O3. The number of amides is 1. The highest BCUT2D eigenvalue weighted by atomic mass is 19.1. The second-order valence-corrected chi connectivity index (χ2v) is 10.8. The zero-order valence-electron chi connectivity index (χ0n) is 22.5. The molecule has 1 amide bonds. The first-order valence-corrected chi connectivity index (χ1v) is 13.8. The van der Waals surface area contributed by atoms with E-state index in [-0.39, 0.29) is 29.2 Å². The molecule has 7 heteroatoms. The first-order chi connectivity index (χ1) is 20.4. The van der Waals surface area contributed by atoms with E-state index < -0.39 is 5.97 Å². The van der Waals surface area contributed by atoms with E-state index in [2.05, 4.69) is 35.6 Å². The number of carboxylic acids is 1. The summed E-state index contributed by atoms with van der Waals surface area (Å²) in [5.74, 6) is -1.66. The number of carbonyl (C=O) groups excluding carboxylic acids is 1. The molecule has 6 nitrogen and oxygen atoms in total. The van der Waals surface area contributed by atoms with Crippen LogP contribution >= 0.6 is 0 Å². The van der Waals surface area contributed by atoms with Crippen molar-refractivity contribution in [1.82, 2.24) is 14.7 Å². The quantitative estimate of drug-likeness (QED) is 0.222. The van der Waals surface area contributed by atoms with Gasteiger partial charge >= 0.3 is 5.97 Å². The summed E-state index contributed by atoms with van der Waals surface area (Å²) in [6.45, 7) is 0.217. The van der Waals surface area contributed by atoms with E-state index in [0.29, 0.717) is 16.7 Å². The normalized spacial score (nSPS) is 13.7. The molecule has 1 fully saturated rings. The van der Waals surface area contributed by atoms with E-state index in [4.69, 9.17) is 4.98 Å². The number of carboxylic acid groups (broad SMARTS) is 1. The number of fused-ring (bicyclic) bond motifs is 2. The molecule has 0 saturated heterocycles. The second-order valence-electron chi connectivity index (χ2n) is 10.8. The molecule has 2 aromatic heterocycles. The Hall–Kier alpha value is -5.30. The first-order valence-electron chi connectivity index (χ1n) is 13.8. The maximum Gasteiger partial charge on any atom is 0.335 e. The van der Waals surface area contributed by atoms with Crippen LogP contribution in [0.5, 0.6) is 0 Å². The SMILES string of the molecule is O=C(O)c1ccc(CNC(=O)c2cc(-c3cccc(F)c3)cn3cnc(C4(c5ccc6ccccc6c5)CC4)c23)cc1. The molecule has 7 rings (SSSR count). The lowest BCUT2D eigenvalue weighted by molar-refractivity contribution is 0.0696. The van der Waals surface area contributed by atoms with Crippen molar-refractivity contribution in [2.75, 3.05) is 0 Å². The fourth-order valence-electron chi connectivity index (χ4n) is 5.80. The van der Waals surface area contributed by atoms with Crippen molar-refractivity contribution in [3.05, 3.63) is 143 Å². The molecule has 2 heterocycles. The summed E-state index contributed by atoms with van der Waals surface area (Å²) in [7, 11) is 0. The number of rotatable bonds is 7. The Morgan fingerprint density at radius 3 is 2.40 bits per heavy atom. The van der Waals surface area contributed by atoms with E-state index in [0.717, 1.165) is 35.0 Å². The Kier molecular flexibility index (Phi) is 6.08. The molecular weight excluding hydrogens is 529 g/mol. The Morgan fingerprint density at radius 2 is 1.67 bits per heavy atom. The Labute approximate surface area is 241 Å². The standard InChI is InChI=1S/C35H26FN3O3/c36-29-7-3-6-26(17-29)27-18-30(33(40)37-19-22-8-10-24(11-9-22)34(41)42)31-32(38-21-39(31)20-27)35(14-15-35)28-13-12-23-4-1-2-5-25(23)16-28/h1-13,16-18,20-21H,14-15,19H2,(H,37,40)(H,41,42). The minimum atomic E-state index is -1.00. The highest BCUT2D eigenvalue weighted by molar-refractivity contribution is 6.03. The molecule has 2 N–H and O–H groups in total. The van der Waals surface area contributed by atoms with Crippen LogP contribution in [0.4, 0.5) is 4.39 Å². The van der Waals surface area contributed by atoms with Crippen LogP contribution in [0.2, 0.25) is 0 Å². The van der Waals surface area contributed by atoms with Gasteiger partial charge in [0.1, 0.15) is 5.82 Å². The maximum absolute atomic E-state index is 14.1. The van der Waals surface area contributed by atoms with Gasteiger partial charge in [0.2, 0.25) is 0 Å². The molecule has 1 saturated carbocycles. The number of nitrogens with zero attached hydrogens (tertiary/aromatic N) is 2. The largest absolute Gasteiger partial charge is 0.478 e. The van der Waals surface area contributed by atoms with E-state index in [1.54, 1.807) is 30.6 Å². The summed E-state index contributed by atoms with van der Waals surface area (Å²) in [6, 6.07) is 29.3. The monoisotopic (exact) mass is 555 g/mol. The minimum absolute atomic E-state index is 0.182. The summed E-state index contributed by atoms with van der Waals surface area (Å²) in [5.41, 5.74) is 5.18. The molecule has 4 aromatic carbocycles. The number of carbonyl (C=O) groups is 2. The number of aromatic nitrogens is 2. The smallest absolute Gasteiger partial charge is 0.335 e. The predicted molar refractivity (Wildman–Crippen MR) is 159 cm³/mol. The summed E-state index contributed by atoms with van der Waals surface area (Å²) < 4.78 is 16.0. The van der Waals surface area contributed by atoms with E-state index in [1.165, 1.54) is 35.2 Å². The van der Waals surface area contributed by atoms with Crippen molar-refractivity contribution in [1.29, 1.82) is 0 Å². The lowest BCUT2D eigenvalue weighted by atomic mass is 9.89. The number of hydrogen-bond donors (Lipinski definition) is 2. The molecule has 0 unspecified atom stereocenters. The molecule has 1 aliphatic carbocycles. The Balaban J connectivity index is 1.32. The fraction of sp³-hybridized carbons (Fsp3) is 0.114. The van der Waals surface area contributed by atoms with Crippen molar-refractivity contribution < 1.29 is 19.1 Å². The van der Waals surface area contributed by atoms with Gasteiger partial charge in [-0.15, -0.1) is 0 Å². The number of halogens is 1. The minimum Gasteiger partial charge on any atom is -0.478 e. The lowest BCUT2D eigenvalue weighted by Gasteiger charge is -2.17. The third-order valence-corrected chi connectivity index (χ3v) is 8.19. The predicted octanol–water partition coefficient (Wildman–Crippen LogP) is 7.00. The van der Waals surface area contributed by atoms with Crippen LogP contribution < -0.4 is 5.32 Å². The number of nitrogens with one attached hydrogen (secondary N) is 1. The third kappa shape index (κ3) is 4.49. The Morgan fingerprint density at radius 1 is 0.881 bits per heavy atom. The van der Waals surface area contributed by atoms with Crippen LogP contribution in [0, 0.1) is 5.82 Å². The third-order valence-electron chi connectivity index (χ3n) is 8.19. The molecule has 206 valence electrons. The molecule has 0 spiro atoms. The average Bonchev–Trinajstić information content (AvgIpc) is 3.71. The van der Waals surface area contributed by atoms with Gasteiger partial charge in [-0.1, -0.05) is 66.7 Å². The van der Waals surface area contributed by atoms with Gasteiger partial charge in [0.05, 0.1) is 28.7 Å². The summed E-state index contributed by atoms with van der Waals surface area (Å²) in [5, 5.41) is 14.5. The zero-order valence-corrected chi connectivity index (χ0v) is 22.5. The van der Waals surface area contributed by atoms with Crippen LogP contribution in [0.1, 0.15) is 50.4 Å². The molecule has 0 bridgehead atoms. The van der Waals surface area contributed by atoms with E-state index in [1.807, 2.05) is 28.8 Å². The second kappa shape index (κ2) is 9.96. The van der Waals surface area contributed by atoms with Crippen molar-refractivity contribution in [3.8, 4) is 11.1 Å². The van der Waals surface area contributed by atoms with Crippen molar-refractivity contribution in [2.24, 2.45) is 0 Å². The highest BCUT2D eigenvalue weighted by Crippen LogP contribution is 2.55. The van der Waals surface area contributed by atoms with Crippen LogP contribution in [0.25, 0.3) is 27.4 Å². The summed E-state index contributed by atoms with van der Waals surface area (Å²) in [6.07, 6.45) is 5.45. The summed E-state index contributed by atoms with van der Waals surface area (Å²) in [4.78, 5) is 29.9. The van der Waals surface area contributed by atoms with Crippen molar-refractivity contribution in [3.63, 3.8) is 0 Å². The van der Waals surface area contributed by atoms with Crippen LogP contribution in [0.3, 0.4) is 0 Å². The number of benzene rings is 4. The number of pyridine rings is 1. The molecule has 0 aliphatic heterocycles. The van der Waals surface area contributed by atoms with Crippen LogP contribution in [-0.4, -0.2) is 26.4 Å². The highest BCUT2D eigenvalue weighted by Gasteiger charge is 2.49. The first kappa shape index (κ1) is 25.7. The molecule has 0 atom stereocenters. The van der Waals surface area contributed by atoms with Gasteiger partial charge in [-0.05, 0) is 76.2 Å². The molecule has 6 aromatic rings. The Bertz CT molecular complexity index is 2010. The van der Waals surface area contributed by atoms with Crippen LogP contribution in [0.15, 0.2) is 110 Å². The molecule has 1 aliphatic rings. The number of hydrogen-bond acceptors (Lipinski definition) is 3. The number of imidazole rings is 1.